The zero-order valence-electron chi connectivity index (χ0n) is 17.6. The Labute approximate surface area is 190 Å². The van der Waals surface area contributed by atoms with Crippen LogP contribution in [0.5, 0.6) is 0 Å². The van der Waals surface area contributed by atoms with E-state index < -0.39 is 0 Å². The van der Waals surface area contributed by atoms with Crippen molar-refractivity contribution in [2.45, 2.75) is 32.9 Å². The Bertz CT molecular complexity index is 1010. The van der Waals surface area contributed by atoms with Crippen molar-refractivity contribution in [2.24, 2.45) is 0 Å². The van der Waals surface area contributed by atoms with Gasteiger partial charge in [0.05, 0.1) is 28.4 Å². The predicted octanol–water partition coefficient (Wildman–Crippen LogP) is 4.98. The summed E-state index contributed by atoms with van der Waals surface area (Å²) in [6.45, 7) is 5.23. The van der Waals surface area contributed by atoms with E-state index in [2.05, 4.69) is 31.2 Å². The molecule has 1 atom stereocenters. The summed E-state index contributed by atoms with van der Waals surface area (Å²) in [6.07, 6.45) is 0.772. The van der Waals surface area contributed by atoms with Crippen LogP contribution in [-0.4, -0.2) is 41.2 Å². The molecule has 6 nitrogen and oxygen atoms in total. The number of rotatable bonds is 8. The van der Waals surface area contributed by atoms with E-state index in [4.69, 9.17) is 16.0 Å². The van der Waals surface area contributed by atoms with Crippen LogP contribution in [0.2, 0.25) is 5.02 Å². The van der Waals surface area contributed by atoms with E-state index in [1.54, 1.807) is 6.07 Å². The predicted molar refractivity (Wildman–Crippen MR) is 122 cm³/mol. The number of nitrogens with one attached hydrogen (secondary N) is 1. The molecule has 0 bridgehead atoms. The molecule has 1 amide bonds. The molecule has 0 aliphatic carbocycles. The van der Waals surface area contributed by atoms with Crippen LogP contribution in [0.4, 0.5) is 0 Å². The number of aromatic nitrogens is 2. The van der Waals surface area contributed by atoms with Gasteiger partial charge in [0.2, 0.25) is 0 Å². The molecule has 0 aliphatic heterocycles. The molecule has 0 saturated heterocycles. The van der Waals surface area contributed by atoms with Gasteiger partial charge in [0.1, 0.15) is 5.76 Å². The van der Waals surface area contributed by atoms with Gasteiger partial charge >= 0.3 is 0 Å². The SMILES string of the molecule is Cc1nn(Cc2ccc(C(=O)NC(CCN(C)C)c3ccc(Cl)cc3)o2)c(C)c1Br. The van der Waals surface area contributed by atoms with Crippen LogP contribution in [-0.2, 0) is 6.54 Å². The van der Waals surface area contributed by atoms with Crippen molar-refractivity contribution >= 4 is 33.4 Å². The molecule has 0 spiro atoms. The van der Waals surface area contributed by atoms with Crippen molar-refractivity contribution in [3.8, 4) is 0 Å². The maximum atomic E-state index is 12.9. The van der Waals surface area contributed by atoms with E-state index in [9.17, 15) is 4.79 Å². The lowest BCUT2D eigenvalue weighted by Crippen LogP contribution is -2.30. The van der Waals surface area contributed by atoms with E-state index in [0.717, 1.165) is 34.4 Å². The molecule has 2 heterocycles. The highest BCUT2D eigenvalue weighted by Crippen LogP contribution is 2.23. The number of amides is 1. The molecule has 0 fully saturated rings. The number of aryl methyl sites for hydroxylation is 1. The van der Waals surface area contributed by atoms with Gasteiger partial charge < -0.3 is 14.6 Å². The molecule has 30 heavy (non-hydrogen) atoms. The summed E-state index contributed by atoms with van der Waals surface area (Å²) in [7, 11) is 4.02. The average molecular weight is 494 g/mol. The summed E-state index contributed by atoms with van der Waals surface area (Å²) in [6, 6.07) is 10.9. The molecule has 0 saturated carbocycles. The quantitative estimate of drug-likeness (QED) is 0.481. The third-order valence-corrected chi connectivity index (χ3v) is 6.33. The fourth-order valence-corrected chi connectivity index (χ4v) is 3.61. The normalized spacial score (nSPS) is 12.4. The first kappa shape index (κ1) is 22.6. The molecule has 3 aromatic rings. The van der Waals surface area contributed by atoms with Gasteiger partial charge in [-0.3, -0.25) is 9.48 Å². The molecular weight excluding hydrogens is 468 g/mol. The second-order valence-corrected chi connectivity index (χ2v) is 8.81. The molecule has 0 radical (unpaired) electrons. The zero-order chi connectivity index (χ0) is 21.8. The van der Waals surface area contributed by atoms with Crippen LogP contribution in [0.15, 0.2) is 45.3 Å². The number of hydrogen-bond donors (Lipinski definition) is 1. The lowest BCUT2D eigenvalue weighted by atomic mass is 10.0. The molecule has 3 rings (SSSR count). The molecule has 160 valence electrons. The Balaban J connectivity index is 1.72. The van der Waals surface area contributed by atoms with Gasteiger partial charge in [-0.05, 0) is 86.7 Å². The second kappa shape index (κ2) is 9.81. The number of furan rings is 1. The molecule has 8 heteroatoms. The molecular formula is C22H26BrClN4O2. The largest absolute Gasteiger partial charge is 0.454 e. The lowest BCUT2D eigenvalue weighted by Gasteiger charge is -2.21. The first-order valence-corrected chi connectivity index (χ1v) is 10.9. The minimum atomic E-state index is -0.241. The number of hydrogen-bond acceptors (Lipinski definition) is 4. The van der Waals surface area contributed by atoms with Crippen LogP contribution in [0, 0.1) is 13.8 Å². The van der Waals surface area contributed by atoms with Gasteiger partial charge in [0.25, 0.3) is 5.91 Å². The van der Waals surface area contributed by atoms with Crippen molar-refractivity contribution in [1.82, 2.24) is 20.0 Å². The number of carbonyl (C=O) groups excluding carboxylic acids is 1. The van der Waals surface area contributed by atoms with Crippen molar-refractivity contribution in [3.63, 3.8) is 0 Å². The zero-order valence-corrected chi connectivity index (χ0v) is 19.9. The maximum absolute atomic E-state index is 12.9. The van der Waals surface area contributed by atoms with Crippen LogP contribution in [0.25, 0.3) is 0 Å². The van der Waals surface area contributed by atoms with E-state index in [1.165, 1.54) is 0 Å². The first-order chi connectivity index (χ1) is 14.2. The van der Waals surface area contributed by atoms with Gasteiger partial charge in [-0.25, -0.2) is 0 Å². The topological polar surface area (TPSA) is 63.3 Å². The van der Waals surface area contributed by atoms with Crippen molar-refractivity contribution in [3.05, 3.63) is 74.4 Å². The molecule has 1 aromatic carbocycles. The maximum Gasteiger partial charge on any atom is 0.287 e. The highest BCUT2D eigenvalue weighted by molar-refractivity contribution is 9.10. The highest BCUT2D eigenvalue weighted by atomic mass is 79.9. The van der Waals surface area contributed by atoms with Gasteiger partial charge in [-0.15, -0.1) is 0 Å². The Morgan fingerprint density at radius 2 is 1.93 bits per heavy atom. The summed E-state index contributed by atoms with van der Waals surface area (Å²) in [5.41, 5.74) is 2.94. The standard InChI is InChI=1S/C22H26BrClN4O2/c1-14-21(23)15(2)28(26-14)13-18-9-10-20(30-18)22(29)25-19(11-12-27(3)4)16-5-7-17(24)8-6-16/h5-10,19H,11-13H2,1-4H3,(H,25,29). The van der Waals surface area contributed by atoms with Gasteiger partial charge in [-0.2, -0.15) is 5.10 Å². The number of halogens is 2. The highest BCUT2D eigenvalue weighted by Gasteiger charge is 2.19. The lowest BCUT2D eigenvalue weighted by molar-refractivity contribution is 0.0902. The number of nitrogens with zero attached hydrogens (tertiary/aromatic N) is 3. The van der Waals surface area contributed by atoms with Crippen molar-refractivity contribution in [1.29, 1.82) is 0 Å². The minimum absolute atomic E-state index is 0.141. The summed E-state index contributed by atoms with van der Waals surface area (Å²) in [5.74, 6) is 0.721. The smallest absolute Gasteiger partial charge is 0.287 e. The monoisotopic (exact) mass is 492 g/mol. The summed E-state index contributed by atoms with van der Waals surface area (Å²) in [4.78, 5) is 14.9. The summed E-state index contributed by atoms with van der Waals surface area (Å²) >= 11 is 9.55. The Morgan fingerprint density at radius 3 is 2.53 bits per heavy atom. The first-order valence-electron chi connectivity index (χ1n) is 9.74. The number of carbonyl (C=O) groups is 1. The molecule has 1 unspecified atom stereocenters. The minimum Gasteiger partial charge on any atom is -0.454 e. The second-order valence-electron chi connectivity index (χ2n) is 7.58. The Hall–Kier alpha value is -2.09. The summed E-state index contributed by atoms with van der Waals surface area (Å²) in [5, 5.41) is 8.25. The van der Waals surface area contributed by atoms with E-state index in [0.29, 0.717) is 17.3 Å². The summed E-state index contributed by atoms with van der Waals surface area (Å²) < 4.78 is 8.65. The van der Waals surface area contributed by atoms with Crippen LogP contribution >= 0.6 is 27.5 Å². The van der Waals surface area contributed by atoms with Gasteiger partial charge in [-0.1, -0.05) is 23.7 Å². The van der Waals surface area contributed by atoms with E-state index >= 15 is 0 Å². The Kier molecular flexibility index (Phi) is 7.39. The van der Waals surface area contributed by atoms with Crippen LogP contribution < -0.4 is 5.32 Å². The number of benzene rings is 1. The third kappa shape index (κ3) is 5.53. The molecule has 1 N–H and O–H groups in total. The third-order valence-electron chi connectivity index (χ3n) is 4.93. The molecule has 0 aliphatic rings. The fourth-order valence-electron chi connectivity index (χ4n) is 3.20. The van der Waals surface area contributed by atoms with Gasteiger partial charge in [0, 0.05) is 5.02 Å². The van der Waals surface area contributed by atoms with Crippen LogP contribution in [0.3, 0.4) is 0 Å². The van der Waals surface area contributed by atoms with Crippen LogP contribution in [0.1, 0.15) is 45.7 Å². The van der Waals surface area contributed by atoms with E-state index in [1.807, 2.05) is 63.0 Å². The van der Waals surface area contributed by atoms with E-state index in [-0.39, 0.29) is 17.7 Å². The fraction of sp³-hybridized carbons (Fsp3) is 0.364. The molecule has 2 aromatic heterocycles. The average Bonchev–Trinajstić information content (AvgIpc) is 3.27. The van der Waals surface area contributed by atoms with Crippen molar-refractivity contribution in [2.75, 3.05) is 20.6 Å². The van der Waals surface area contributed by atoms with Crippen molar-refractivity contribution < 1.29 is 9.21 Å². The van der Waals surface area contributed by atoms with Gasteiger partial charge in [0.15, 0.2) is 5.76 Å². The Morgan fingerprint density at radius 1 is 1.23 bits per heavy atom.